The number of anilines is 2. The minimum atomic E-state index is 0.282. The van der Waals surface area contributed by atoms with Gasteiger partial charge in [-0.2, -0.15) is 0 Å². The molecule has 3 nitrogen and oxygen atoms in total. The van der Waals surface area contributed by atoms with Crippen LogP contribution in [0.15, 0.2) is 24.3 Å². The van der Waals surface area contributed by atoms with Crippen molar-refractivity contribution in [1.82, 2.24) is 0 Å². The zero-order chi connectivity index (χ0) is 7.26. The Bertz CT molecular complexity index is 300. The molecule has 0 amide bonds. The van der Waals surface area contributed by atoms with Crippen molar-refractivity contribution in [2.24, 2.45) is 0 Å². The maximum Gasteiger partial charge on any atom is 0.198 e. The first-order valence-electron chi connectivity index (χ1n) is 3.74. The molecule has 1 atom stereocenters. The van der Waals surface area contributed by atoms with Crippen molar-refractivity contribution in [2.45, 2.75) is 6.23 Å². The molecular formula is C8H8N2O. The summed E-state index contributed by atoms with van der Waals surface area (Å²) in [6.45, 7) is 0.900. The lowest BCUT2D eigenvalue weighted by molar-refractivity contribution is 0.406. The minimum Gasteiger partial charge on any atom is -0.379 e. The quantitative estimate of drug-likeness (QED) is 0.560. The van der Waals surface area contributed by atoms with Gasteiger partial charge in [-0.1, -0.05) is 12.1 Å². The topological polar surface area (TPSA) is 27.6 Å². The van der Waals surface area contributed by atoms with Crippen LogP contribution in [0.2, 0.25) is 0 Å². The largest absolute Gasteiger partial charge is 0.379 e. The summed E-state index contributed by atoms with van der Waals surface area (Å²) in [6, 6.07) is 8.16. The third-order valence-corrected chi connectivity index (χ3v) is 2.06. The molecule has 0 aromatic heterocycles. The molecule has 56 valence electrons. The molecule has 1 unspecified atom stereocenters. The Kier molecular flexibility index (Phi) is 0.830. The van der Waals surface area contributed by atoms with Crippen LogP contribution < -0.4 is 10.4 Å². The molecule has 1 saturated heterocycles. The van der Waals surface area contributed by atoms with Gasteiger partial charge in [0.15, 0.2) is 6.23 Å². The van der Waals surface area contributed by atoms with Crippen LogP contribution >= 0.6 is 0 Å². The van der Waals surface area contributed by atoms with Crippen molar-refractivity contribution in [3.8, 4) is 0 Å². The molecule has 1 aromatic carbocycles. The normalized spacial score (nSPS) is 25.1. The molecule has 1 N–H and O–H groups in total. The van der Waals surface area contributed by atoms with Gasteiger partial charge in [-0.25, -0.2) is 9.90 Å². The summed E-state index contributed by atoms with van der Waals surface area (Å²) in [7, 11) is 0. The van der Waals surface area contributed by atoms with Gasteiger partial charge in [-0.05, 0) is 12.1 Å². The second-order valence-electron chi connectivity index (χ2n) is 2.78. The lowest BCUT2D eigenvalue weighted by Gasteiger charge is -2.14. The third kappa shape index (κ3) is 0.657. The second kappa shape index (κ2) is 1.68. The molecule has 0 bridgehead atoms. The Morgan fingerprint density at radius 1 is 1.45 bits per heavy atom. The predicted molar refractivity (Wildman–Crippen MR) is 42.3 cm³/mol. The van der Waals surface area contributed by atoms with Crippen molar-refractivity contribution in [3.63, 3.8) is 0 Å². The second-order valence-corrected chi connectivity index (χ2v) is 2.78. The summed E-state index contributed by atoms with van der Waals surface area (Å²) in [5.41, 5.74) is 2.32. The maximum atomic E-state index is 5.28. The monoisotopic (exact) mass is 148 g/mol. The molecule has 2 aliphatic rings. The fourth-order valence-electron chi connectivity index (χ4n) is 1.45. The SMILES string of the molecule is c1ccc2c(c1)NCC1ON21. The minimum absolute atomic E-state index is 0.282. The van der Waals surface area contributed by atoms with Crippen LogP contribution in [0.5, 0.6) is 0 Å². The van der Waals surface area contributed by atoms with E-state index in [2.05, 4.69) is 17.4 Å². The molecule has 3 heteroatoms. The van der Waals surface area contributed by atoms with Crippen molar-refractivity contribution >= 4 is 11.4 Å². The average Bonchev–Trinajstić information content (AvgIpc) is 2.83. The van der Waals surface area contributed by atoms with Gasteiger partial charge < -0.3 is 5.32 Å². The predicted octanol–water partition coefficient (Wildman–Crippen LogP) is 1.19. The van der Waals surface area contributed by atoms with E-state index in [9.17, 15) is 0 Å². The number of fused-ring (bicyclic) bond motifs is 3. The van der Waals surface area contributed by atoms with E-state index < -0.39 is 0 Å². The summed E-state index contributed by atoms with van der Waals surface area (Å²) in [5.74, 6) is 0. The van der Waals surface area contributed by atoms with E-state index in [-0.39, 0.29) is 6.23 Å². The summed E-state index contributed by atoms with van der Waals surface area (Å²) in [5, 5.41) is 5.22. The molecule has 2 heterocycles. The Morgan fingerprint density at radius 2 is 2.36 bits per heavy atom. The Hall–Kier alpha value is -1.22. The number of benzene rings is 1. The van der Waals surface area contributed by atoms with Crippen molar-refractivity contribution in [1.29, 1.82) is 0 Å². The number of para-hydroxylation sites is 2. The van der Waals surface area contributed by atoms with Gasteiger partial charge in [0.1, 0.15) is 0 Å². The molecule has 1 aromatic rings. The molecule has 2 aliphatic heterocycles. The number of hydroxylamine groups is 1. The van der Waals surface area contributed by atoms with Gasteiger partial charge in [-0.15, -0.1) is 0 Å². The summed E-state index contributed by atoms with van der Waals surface area (Å²) < 4.78 is 0. The van der Waals surface area contributed by atoms with Crippen molar-refractivity contribution in [2.75, 3.05) is 16.9 Å². The summed E-state index contributed by atoms with van der Waals surface area (Å²) in [6.07, 6.45) is 0.282. The van der Waals surface area contributed by atoms with E-state index in [1.54, 1.807) is 0 Å². The van der Waals surface area contributed by atoms with Crippen LogP contribution in [-0.2, 0) is 4.84 Å². The van der Waals surface area contributed by atoms with Crippen molar-refractivity contribution in [3.05, 3.63) is 24.3 Å². The lowest BCUT2D eigenvalue weighted by Crippen LogP contribution is -2.18. The highest BCUT2D eigenvalue weighted by Crippen LogP contribution is 2.39. The van der Waals surface area contributed by atoms with Gasteiger partial charge in [0, 0.05) is 0 Å². The third-order valence-electron chi connectivity index (χ3n) is 2.06. The molecule has 0 aliphatic carbocycles. The fraction of sp³-hybridized carbons (Fsp3) is 0.250. The Balaban J connectivity index is 2.14. The zero-order valence-electron chi connectivity index (χ0n) is 5.95. The Labute approximate surface area is 64.5 Å². The van der Waals surface area contributed by atoms with Gasteiger partial charge in [0.2, 0.25) is 0 Å². The summed E-state index contributed by atoms with van der Waals surface area (Å²) >= 11 is 0. The number of nitrogens with zero attached hydrogens (tertiary/aromatic N) is 1. The highest BCUT2D eigenvalue weighted by atomic mass is 16.8. The standard InChI is InChI=1S/C8H8N2O/c1-2-4-7-6(3-1)9-5-8-10(7)11-8/h1-4,8-9H,5H2. The van der Waals surface area contributed by atoms with Crippen LogP contribution in [-0.4, -0.2) is 12.8 Å². The number of hydrogen-bond acceptors (Lipinski definition) is 3. The van der Waals surface area contributed by atoms with E-state index in [4.69, 9.17) is 4.84 Å². The first kappa shape index (κ1) is 5.43. The van der Waals surface area contributed by atoms with Gasteiger partial charge >= 0.3 is 0 Å². The van der Waals surface area contributed by atoms with Crippen LogP contribution in [0.4, 0.5) is 11.4 Å². The Morgan fingerprint density at radius 3 is 3.36 bits per heavy atom. The van der Waals surface area contributed by atoms with E-state index in [0.29, 0.717) is 0 Å². The van der Waals surface area contributed by atoms with Crippen LogP contribution in [0, 0.1) is 0 Å². The smallest absolute Gasteiger partial charge is 0.198 e. The zero-order valence-corrected chi connectivity index (χ0v) is 5.95. The number of rotatable bonds is 0. The van der Waals surface area contributed by atoms with Crippen molar-refractivity contribution < 1.29 is 4.84 Å². The highest BCUT2D eigenvalue weighted by molar-refractivity contribution is 5.72. The van der Waals surface area contributed by atoms with Gasteiger partial charge in [-0.3, -0.25) is 0 Å². The van der Waals surface area contributed by atoms with E-state index in [1.807, 2.05) is 17.2 Å². The van der Waals surface area contributed by atoms with E-state index in [0.717, 1.165) is 12.2 Å². The average molecular weight is 148 g/mol. The fourth-order valence-corrected chi connectivity index (χ4v) is 1.45. The molecule has 0 radical (unpaired) electrons. The van der Waals surface area contributed by atoms with Crippen LogP contribution in [0.1, 0.15) is 0 Å². The maximum absolute atomic E-state index is 5.28. The molecule has 3 rings (SSSR count). The molecular weight excluding hydrogens is 140 g/mol. The number of hydrogen-bond donors (Lipinski definition) is 1. The van der Waals surface area contributed by atoms with Gasteiger partial charge in [0.25, 0.3) is 0 Å². The molecule has 0 spiro atoms. The van der Waals surface area contributed by atoms with E-state index >= 15 is 0 Å². The van der Waals surface area contributed by atoms with E-state index in [1.165, 1.54) is 5.69 Å². The molecule has 1 fully saturated rings. The van der Waals surface area contributed by atoms with Crippen LogP contribution in [0.3, 0.4) is 0 Å². The highest BCUT2D eigenvalue weighted by Gasteiger charge is 2.41. The molecule has 11 heavy (non-hydrogen) atoms. The van der Waals surface area contributed by atoms with Crippen LogP contribution in [0.25, 0.3) is 0 Å². The molecule has 0 saturated carbocycles. The first-order chi connectivity index (χ1) is 5.45. The number of nitrogens with one attached hydrogen (secondary N) is 1. The summed E-state index contributed by atoms with van der Waals surface area (Å²) in [4.78, 5) is 5.28. The van der Waals surface area contributed by atoms with Gasteiger partial charge in [0.05, 0.1) is 17.9 Å². The first-order valence-corrected chi connectivity index (χ1v) is 3.74. The lowest BCUT2D eigenvalue weighted by atomic mass is 10.2.